The Bertz CT molecular complexity index is 380. The molecule has 1 aromatic carbocycles. The Morgan fingerprint density at radius 2 is 2.06 bits per heavy atom. The van der Waals surface area contributed by atoms with Crippen molar-refractivity contribution in [3.63, 3.8) is 0 Å². The average molecular weight is 254 g/mol. The molecule has 0 heterocycles. The van der Waals surface area contributed by atoms with Crippen molar-refractivity contribution >= 4 is 17.3 Å². The SMILES string of the molecule is COc1cc(NC2CCCCC2C)ccc1Cl. The van der Waals surface area contributed by atoms with Crippen LogP contribution in [0.5, 0.6) is 5.75 Å². The minimum absolute atomic E-state index is 0.578. The number of nitrogens with one attached hydrogen (secondary N) is 1. The van der Waals surface area contributed by atoms with Crippen molar-refractivity contribution < 1.29 is 4.74 Å². The van der Waals surface area contributed by atoms with Gasteiger partial charge in [0.1, 0.15) is 5.75 Å². The van der Waals surface area contributed by atoms with Crippen molar-refractivity contribution in [1.82, 2.24) is 0 Å². The normalized spacial score (nSPS) is 24.4. The molecule has 2 nitrogen and oxygen atoms in total. The Hall–Kier alpha value is -0.890. The van der Waals surface area contributed by atoms with E-state index in [9.17, 15) is 0 Å². The van der Waals surface area contributed by atoms with Gasteiger partial charge in [-0.2, -0.15) is 0 Å². The molecule has 17 heavy (non-hydrogen) atoms. The van der Waals surface area contributed by atoms with E-state index in [2.05, 4.69) is 12.2 Å². The minimum Gasteiger partial charge on any atom is -0.495 e. The van der Waals surface area contributed by atoms with Gasteiger partial charge >= 0.3 is 0 Å². The van der Waals surface area contributed by atoms with Gasteiger partial charge in [-0.1, -0.05) is 31.4 Å². The quantitative estimate of drug-likeness (QED) is 0.865. The monoisotopic (exact) mass is 253 g/mol. The smallest absolute Gasteiger partial charge is 0.139 e. The molecule has 2 unspecified atom stereocenters. The van der Waals surface area contributed by atoms with Gasteiger partial charge < -0.3 is 10.1 Å². The van der Waals surface area contributed by atoms with E-state index in [4.69, 9.17) is 16.3 Å². The van der Waals surface area contributed by atoms with Crippen LogP contribution in [0.15, 0.2) is 18.2 Å². The van der Waals surface area contributed by atoms with Crippen LogP contribution in [0.1, 0.15) is 32.6 Å². The first-order chi connectivity index (χ1) is 8.20. The van der Waals surface area contributed by atoms with Crippen LogP contribution in [0.3, 0.4) is 0 Å². The number of anilines is 1. The van der Waals surface area contributed by atoms with E-state index in [1.807, 2.05) is 18.2 Å². The van der Waals surface area contributed by atoms with Crippen molar-refractivity contribution in [1.29, 1.82) is 0 Å². The van der Waals surface area contributed by atoms with E-state index >= 15 is 0 Å². The third-order valence-electron chi connectivity index (χ3n) is 3.61. The van der Waals surface area contributed by atoms with Gasteiger partial charge in [-0.15, -0.1) is 0 Å². The van der Waals surface area contributed by atoms with Gasteiger partial charge in [-0.3, -0.25) is 0 Å². The van der Waals surface area contributed by atoms with Gasteiger partial charge in [0.2, 0.25) is 0 Å². The highest BCUT2D eigenvalue weighted by atomic mass is 35.5. The molecule has 0 amide bonds. The molecule has 1 aromatic rings. The van der Waals surface area contributed by atoms with Gasteiger partial charge in [0.05, 0.1) is 12.1 Å². The van der Waals surface area contributed by atoms with Gasteiger partial charge in [0.15, 0.2) is 0 Å². The number of halogens is 1. The van der Waals surface area contributed by atoms with Gasteiger partial charge in [-0.25, -0.2) is 0 Å². The Balaban J connectivity index is 2.07. The van der Waals surface area contributed by atoms with Crippen molar-refractivity contribution in [3.05, 3.63) is 23.2 Å². The topological polar surface area (TPSA) is 21.3 Å². The number of ether oxygens (including phenoxy) is 1. The zero-order valence-corrected chi connectivity index (χ0v) is 11.3. The maximum atomic E-state index is 6.01. The molecule has 0 spiro atoms. The molecular formula is C14H20ClNO. The fourth-order valence-electron chi connectivity index (χ4n) is 2.49. The molecule has 0 aliphatic heterocycles. The molecule has 2 rings (SSSR count). The molecule has 2 atom stereocenters. The molecule has 0 aromatic heterocycles. The standard InChI is InChI=1S/C14H20ClNO/c1-10-5-3-4-6-13(10)16-11-7-8-12(15)14(9-11)17-2/h7-10,13,16H,3-6H2,1-2H3. The van der Waals surface area contributed by atoms with Crippen LogP contribution in [-0.4, -0.2) is 13.2 Å². The minimum atomic E-state index is 0.578. The highest BCUT2D eigenvalue weighted by molar-refractivity contribution is 6.32. The lowest BCUT2D eigenvalue weighted by atomic mass is 9.86. The Morgan fingerprint density at radius 3 is 2.76 bits per heavy atom. The molecule has 1 fully saturated rings. The lowest BCUT2D eigenvalue weighted by molar-refractivity contribution is 0.349. The third kappa shape index (κ3) is 3.06. The molecule has 0 radical (unpaired) electrons. The fraction of sp³-hybridized carbons (Fsp3) is 0.571. The maximum absolute atomic E-state index is 6.01. The average Bonchev–Trinajstić information content (AvgIpc) is 2.34. The van der Waals surface area contributed by atoms with Crippen molar-refractivity contribution in [2.45, 2.75) is 38.6 Å². The lowest BCUT2D eigenvalue weighted by Gasteiger charge is -2.30. The highest BCUT2D eigenvalue weighted by Crippen LogP contribution is 2.31. The number of rotatable bonds is 3. The van der Waals surface area contributed by atoms with Crippen LogP contribution in [0.2, 0.25) is 5.02 Å². The summed E-state index contributed by atoms with van der Waals surface area (Å²) in [5.74, 6) is 1.48. The van der Waals surface area contributed by atoms with Crippen LogP contribution >= 0.6 is 11.6 Å². The van der Waals surface area contributed by atoms with Crippen LogP contribution in [0, 0.1) is 5.92 Å². The molecular weight excluding hydrogens is 234 g/mol. The van der Waals surface area contributed by atoms with Gasteiger partial charge in [-0.05, 0) is 30.9 Å². The van der Waals surface area contributed by atoms with Crippen LogP contribution in [0.4, 0.5) is 5.69 Å². The zero-order chi connectivity index (χ0) is 12.3. The van der Waals surface area contributed by atoms with E-state index in [1.165, 1.54) is 25.7 Å². The van der Waals surface area contributed by atoms with Gasteiger partial charge in [0, 0.05) is 17.8 Å². The summed E-state index contributed by atoms with van der Waals surface area (Å²) in [6, 6.07) is 6.46. The van der Waals surface area contributed by atoms with Crippen molar-refractivity contribution in [3.8, 4) is 5.75 Å². The first kappa shape index (κ1) is 12.6. The summed E-state index contributed by atoms with van der Waals surface area (Å²) < 4.78 is 5.23. The summed E-state index contributed by atoms with van der Waals surface area (Å²) in [7, 11) is 1.65. The third-order valence-corrected chi connectivity index (χ3v) is 3.93. The fourth-order valence-corrected chi connectivity index (χ4v) is 2.69. The van der Waals surface area contributed by atoms with E-state index < -0.39 is 0 Å². The molecule has 1 saturated carbocycles. The second kappa shape index (κ2) is 5.63. The number of hydrogen-bond donors (Lipinski definition) is 1. The largest absolute Gasteiger partial charge is 0.495 e. The summed E-state index contributed by atoms with van der Waals surface area (Å²) >= 11 is 6.01. The first-order valence-electron chi connectivity index (χ1n) is 6.31. The predicted octanol–water partition coefficient (Wildman–Crippen LogP) is 4.34. The van der Waals surface area contributed by atoms with Gasteiger partial charge in [0.25, 0.3) is 0 Å². The Labute approximate surface area is 108 Å². The van der Waals surface area contributed by atoms with E-state index in [0.717, 1.165) is 17.4 Å². The Kier molecular flexibility index (Phi) is 4.16. The number of benzene rings is 1. The first-order valence-corrected chi connectivity index (χ1v) is 6.68. The molecule has 1 N–H and O–H groups in total. The molecule has 94 valence electrons. The molecule has 1 aliphatic rings. The zero-order valence-electron chi connectivity index (χ0n) is 10.5. The number of methoxy groups -OCH3 is 1. The summed E-state index contributed by atoms with van der Waals surface area (Å²) in [4.78, 5) is 0. The van der Waals surface area contributed by atoms with Crippen molar-refractivity contribution in [2.24, 2.45) is 5.92 Å². The summed E-state index contributed by atoms with van der Waals surface area (Å²) in [6.45, 7) is 2.32. The number of hydrogen-bond acceptors (Lipinski definition) is 2. The van der Waals surface area contributed by atoms with Crippen LogP contribution in [-0.2, 0) is 0 Å². The van der Waals surface area contributed by atoms with Crippen LogP contribution < -0.4 is 10.1 Å². The predicted molar refractivity (Wildman–Crippen MR) is 73.0 cm³/mol. The lowest BCUT2D eigenvalue weighted by Crippen LogP contribution is -2.30. The van der Waals surface area contributed by atoms with E-state index in [1.54, 1.807) is 7.11 Å². The summed E-state index contributed by atoms with van der Waals surface area (Å²) in [6.07, 6.45) is 5.27. The summed E-state index contributed by atoms with van der Waals surface area (Å²) in [5.41, 5.74) is 1.10. The van der Waals surface area contributed by atoms with E-state index in [0.29, 0.717) is 11.1 Å². The van der Waals surface area contributed by atoms with Crippen LogP contribution in [0.25, 0.3) is 0 Å². The van der Waals surface area contributed by atoms with Crippen molar-refractivity contribution in [2.75, 3.05) is 12.4 Å². The highest BCUT2D eigenvalue weighted by Gasteiger charge is 2.21. The molecule has 3 heteroatoms. The maximum Gasteiger partial charge on any atom is 0.139 e. The van der Waals surface area contributed by atoms with E-state index in [-0.39, 0.29) is 0 Å². The molecule has 1 aliphatic carbocycles. The molecule has 0 bridgehead atoms. The Morgan fingerprint density at radius 1 is 1.29 bits per heavy atom. The summed E-state index contributed by atoms with van der Waals surface area (Å²) in [5, 5.41) is 4.26. The second-order valence-corrected chi connectivity index (χ2v) is 5.27. The molecule has 0 saturated heterocycles. The second-order valence-electron chi connectivity index (χ2n) is 4.86.